The van der Waals surface area contributed by atoms with Gasteiger partial charge in [-0.25, -0.2) is 8.42 Å². The lowest BCUT2D eigenvalue weighted by molar-refractivity contribution is -0.132. The Balaban J connectivity index is 1.87. The zero-order valence-corrected chi connectivity index (χ0v) is 19.7. The molecule has 0 spiro atoms. The van der Waals surface area contributed by atoms with Crippen molar-refractivity contribution in [2.75, 3.05) is 6.54 Å². The van der Waals surface area contributed by atoms with Crippen LogP contribution in [0.15, 0.2) is 77.0 Å². The summed E-state index contributed by atoms with van der Waals surface area (Å²) >= 11 is 1.61. The highest BCUT2D eigenvalue weighted by atomic mass is 32.2. The number of carbonyl (C=O) groups is 1. The molecule has 7 heteroatoms. The van der Waals surface area contributed by atoms with Crippen LogP contribution >= 0.6 is 11.3 Å². The summed E-state index contributed by atoms with van der Waals surface area (Å²) < 4.78 is 27.7. The molecule has 0 aliphatic carbocycles. The zero-order chi connectivity index (χ0) is 22.4. The molecule has 0 aliphatic rings. The molecule has 0 bridgehead atoms. The molecular formula is C24H28N2O3S2. The lowest BCUT2D eigenvalue weighted by Gasteiger charge is -2.29. The van der Waals surface area contributed by atoms with Crippen LogP contribution in [0.3, 0.4) is 0 Å². The van der Waals surface area contributed by atoms with Crippen molar-refractivity contribution in [2.45, 2.75) is 44.8 Å². The van der Waals surface area contributed by atoms with Crippen LogP contribution in [0.5, 0.6) is 0 Å². The molecule has 0 fully saturated rings. The maximum absolute atomic E-state index is 13.4. The van der Waals surface area contributed by atoms with Crippen molar-refractivity contribution in [2.24, 2.45) is 0 Å². The molecule has 2 aromatic carbocycles. The minimum absolute atomic E-state index is 0.195. The van der Waals surface area contributed by atoms with E-state index < -0.39 is 10.0 Å². The lowest BCUT2D eigenvalue weighted by atomic mass is 10.2. The average Bonchev–Trinajstić information content (AvgIpc) is 3.16. The Morgan fingerprint density at radius 2 is 1.55 bits per heavy atom. The molecular weight excluding hydrogens is 428 g/mol. The van der Waals surface area contributed by atoms with Crippen molar-refractivity contribution in [3.63, 3.8) is 0 Å². The topological polar surface area (TPSA) is 57.7 Å². The van der Waals surface area contributed by atoms with E-state index >= 15 is 0 Å². The second-order valence-corrected chi connectivity index (χ2v) is 10.6. The summed E-state index contributed by atoms with van der Waals surface area (Å²) in [6, 6.07) is 19.7. The highest BCUT2D eigenvalue weighted by molar-refractivity contribution is 7.89. The maximum Gasteiger partial charge on any atom is 0.243 e. The Kier molecular flexibility index (Phi) is 7.64. The third-order valence-electron chi connectivity index (χ3n) is 5.09. The number of aryl methyl sites for hydroxylation is 1. The third kappa shape index (κ3) is 5.81. The van der Waals surface area contributed by atoms with Gasteiger partial charge in [-0.3, -0.25) is 4.79 Å². The van der Waals surface area contributed by atoms with Gasteiger partial charge in [-0.1, -0.05) is 48.5 Å². The molecule has 0 atom stereocenters. The SMILES string of the molecule is Cc1ccsc1CN(Cc1ccccc1)C(=O)CN(C(C)C)S(=O)(=O)c1ccccc1. The minimum atomic E-state index is -3.78. The van der Waals surface area contributed by atoms with Gasteiger partial charge >= 0.3 is 0 Å². The van der Waals surface area contributed by atoms with Crippen LogP contribution in [0.1, 0.15) is 29.9 Å². The van der Waals surface area contributed by atoms with Gasteiger partial charge in [0.25, 0.3) is 0 Å². The maximum atomic E-state index is 13.4. The van der Waals surface area contributed by atoms with Crippen molar-refractivity contribution in [3.8, 4) is 0 Å². The Bertz CT molecular complexity index is 1090. The molecule has 0 unspecified atom stereocenters. The molecule has 1 heterocycles. The molecule has 1 amide bonds. The van der Waals surface area contributed by atoms with Gasteiger partial charge < -0.3 is 4.90 Å². The first-order chi connectivity index (χ1) is 14.8. The van der Waals surface area contributed by atoms with Gasteiger partial charge in [0, 0.05) is 17.5 Å². The molecule has 3 rings (SSSR count). The number of rotatable bonds is 9. The van der Waals surface area contributed by atoms with Gasteiger partial charge in [-0.2, -0.15) is 4.31 Å². The predicted molar refractivity (Wildman–Crippen MR) is 125 cm³/mol. The second-order valence-electron chi connectivity index (χ2n) is 7.72. The number of amides is 1. The van der Waals surface area contributed by atoms with Crippen molar-refractivity contribution in [3.05, 3.63) is 88.1 Å². The number of hydrogen-bond acceptors (Lipinski definition) is 4. The molecule has 3 aromatic rings. The van der Waals surface area contributed by atoms with E-state index in [9.17, 15) is 13.2 Å². The van der Waals surface area contributed by atoms with Crippen LogP contribution in [-0.2, 0) is 27.9 Å². The smallest absolute Gasteiger partial charge is 0.243 e. The molecule has 0 saturated carbocycles. The number of hydrogen-bond donors (Lipinski definition) is 0. The van der Waals surface area contributed by atoms with Crippen molar-refractivity contribution in [1.29, 1.82) is 0 Å². The predicted octanol–water partition coefficient (Wildman–Crippen LogP) is 4.68. The summed E-state index contributed by atoms with van der Waals surface area (Å²) in [7, 11) is -3.78. The van der Waals surface area contributed by atoms with Crippen LogP contribution in [0, 0.1) is 6.92 Å². The summed E-state index contributed by atoms with van der Waals surface area (Å²) in [6.45, 7) is 6.28. The van der Waals surface area contributed by atoms with Crippen LogP contribution in [-0.4, -0.2) is 36.1 Å². The van der Waals surface area contributed by atoms with Gasteiger partial charge in [0.2, 0.25) is 15.9 Å². The summed E-state index contributed by atoms with van der Waals surface area (Å²) in [5, 5.41) is 2.01. The first-order valence-electron chi connectivity index (χ1n) is 10.2. The number of benzene rings is 2. The standard InChI is InChI=1S/C24H28N2O3S2/c1-19(2)26(31(28,29)22-12-8-5-9-13-22)18-24(27)25(16-21-10-6-4-7-11-21)17-23-20(3)14-15-30-23/h4-15,19H,16-18H2,1-3H3. The molecule has 164 valence electrons. The fourth-order valence-electron chi connectivity index (χ4n) is 3.28. The zero-order valence-electron chi connectivity index (χ0n) is 18.1. The van der Waals surface area contributed by atoms with Gasteiger partial charge in [-0.05, 0) is 55.5 Å². The highest BCUT2D eigenvalue weighted by Gasteiger charge is 2.30. The van der Waals surface area contributed by atoms with Crippen LogP contribution < -0.4 is 0 Å². The Hall–Kier alpha value is -2.48. The highest BCUT2D eigenvalue weighted by Crippen LogP contribution is 2.22. The van der Waals surface area contributed by atoms with E-state index in [0.29, 0.717) is 13.1 Å². The van der Waals surface area contributed by atoms with Crippen molar-refractivity contribution in [1.82, 2.24) is 9.21 Å². The average molecular weight is 457 g/mol. The normalized spacial score (nSPS) is 11.8. The molecule has 5 nitrogen and oxygen atoms in total. The first-order valence-corrected chi connectivity index (χ1v) is 12.5. The van der Waals surface area contributed by atoms with Crippen LogP contribution in [0.2, 0.25) is 0 Å². The fraction of sp³-hybridized carbons (Fsp3) is 0.292. The molecule has 0 N–H and O–H groups in total. The largest absolute Gasteiger partial charge is 0.332 e. The number of nitrogens with zero attached hydrogens (tertiary/aromatic N) is 2. The third-order valence-corrected chi connectivity index (χ3v) is 8.13. The van der Waals surface area contributed by atoms with Crippen LogP contribution in [0.4, 0.5) is 0 Å². The van der Waals surface area contributed by atoms with Crippen LogP contribution in [0.25, 0.3) is 0 Å². The first kappa shape index (κ1) is 23.2. The van der Waals surface area contributed by atoms with E-state index in [-0.39, 0.29) is 23.4 Å². The molecule has 31 heavy (non-hydrogen) atoms. The summed E-state index contributed by atoms with van der Waals surface area (Å²) in [6.07, 6.45) is 0. The van der Waals surface area contributed by atoms with E-state index in [2.05, 4.69) is 0 Å². The summed E-state index contributed by atoms with van der Waals surface area (Å²) in [5.41, 5.74) is 2.14. The number of thiophene rings is 1. The van der Waals surface area contributed by atoms with Gasteiger partial charge in [0.1, 0.15) is 0 Å². The Morgan fingerprint density at radius 1 is 0.935 bits per heavy atom. The number of sulfonamides is 1. The monoisotopic (exact) mass is 456 g/mol. The van der Waals surface area contributed by atoms with Gasteiger partial charge in [0.15, 0.2) is 0 Å². The van der Waals surface area contributed by atoms with Gasteiger partial charge in [0.05, 0.1) is 18.0 Å². The second kappa shape index (κ2) is 10.2. The Labute approximate surface area is 189 Å². The van der Waals surface area contributed by atoms with E-state index in [1.165, 1.54) is 4.31 Å². The quantitative estimate of drug-likeness (QED) is 0.470. The fourth-order valence-corrected chi connectivity index (χ4v) is 5.81. The van der Waals surface area contributed by atoms with E-state index in [0.717, 1.165) is 16.0 Å². The molecule has 1 aromatic heterocycles. The lowest BCUT2D eigenvalue weighted by Crippen LogP contribution is -2.45. The van der Waals surface area contributed by atoms with Crippen molar-refractivity contribution >= 4 is 27.3 Å². The van der Waals surface area contributed by atoms with E-state index in [1.54, 1.807) is 60.4 Å². The summed E-state index contributed by atoms with van der Waals surface area (Å²) in [4.78, 5) is 16.4. The summed E-state index contributed by atoms with van der Waals surface area (Å²) in [5.74, 6) is -0.218. The van der Waals surface area contributed by atoms with E-state index in [4.69, 9.17) is 0 Å². The molecule has 0 radical (unpaired) electrons. The van der Waals surface area contributed by atoms with Gasteiger partial charge in [-0.15, -0.1) is 11.3 Å². The van der Waals surface area contributed by atoms with Crippen molar-refractivity contribution < 1.29 is 13.2 Å². The number of carbonyl (C=O) groups excluding carboxylic acids is 1. The molecule has 0 saturated heterocycles. The van der Waals surface area contributed by atoms with E-state index in [1.807, 2.05) is 48.7 Å². The minimum Gasteiger partial charge on any atom is -0.332 e. The Morgan fingerprint density at radius 3 is 2.10 bits per heavy atom. The molecule has 0 aliphatic heterocycles.